The minimum absolute atomic E-state index is 0.0684. The number of ether oxygens (including phenoxy) is 2. The van der Waals surface area contributed by atoms with Crippen LogP contribution in [0.4, 0.5) is 0 Å². The Morgan fingerprint density at radius 2 is 1.44 bits per heavy atom. The Morgan fingerprint density at radius 1 is 0.963 bits per heavy atom. The molecule has 0 spiro atoms. The van der Waals surface area contributed by atoms with Gasteiger partial charge in [0.25, 0.3) is 0 Å². The van der Waals surface area contributed by atoms with E-state index < -0.39 is 24.0 Å². The second-order valence-electron chi connectivity index (χ2n) is 7.30. The number of carbonyl (C=O) groups is 3. The summed E-state index contributed by atoms with van der Waals surface area (Å²) in [5, 5.41) is 9.18. The minimum Gasteiger partial charge on any atom is -0.481 e. The Hall–Kier alpha value is -1.85. The number of esters is 2. The fraction of sp³-hybridized carbons (Fsp3) is 0.762. The summed E-state index contributed by atoms with van der Waals surface area (Å²) < 4.78 is 10.0. The molecule has 27 heavy (non-hydrogen) atoms. The number of unbranched alkanes of at least 4 members (excludes halogenated alkanes) is 10. The Bertz CT molecular complexity index is 499. The van der Waals surface area contributed by atoms with Gasteiger partial charge in [-0.05, 0) is 19.3 Å². The molecular weight excluding hydrogens is 348 g/mol. The standard InChI is InChI=1S/C21H34O6/c1-16-19(20(23)24)18(27-21(16)25)14-12-10-8-6-4-3-5-7-9-11-13-15-26-17(2)22/h18-19H,1,3-15H2,2H3,(H,23,24)/t18-,19+/m1/s1. The van der Waals surface area contributed by atoms with Gasteiger partial charge < -0.3 is 14.6 Å². The van der Waals surface area contributed by atoms with E-state index in [9.17, 15) is 19.5 Å². The molecule has 1 rings (SSSR count). The van der Waals surface area contributed by atoms with Gasteiger partial charge >= 0.3 is 17.9 Å². The molecule has 1 N–H and O–H groups in total. The number of cyclic esters (lactones) is 1. The van der Waals surface area contributed by atoms with Gasteiger partial charge in [-0.1, -0.05) is 64.4 Å². The largest absolute Gasteiger partial charge is 0.481 e. The number of rotatable bonds is 15. The molecule has 6 nitrogen and oxygen atoms in total. The summed E-state index contributed by atoms with van der Waals surface area (Å²) in [7, 11) is 0. The smallest absolute Gasteiger partial charge is 0.334 e. The molecule has 0 aromatic heterocycles. The average Bonchev–Trinajstić information content (AvgIpc) is 2.89. The third kappa shape index (κ3) is 9.59. The van der Waals surface area contributed by atoms with E-state index in [-0.39, 0.29) is 11.5 Å². The number of aliphatic carboxylic acids is 1. The zero-order valence-electron chi connectivity index (χ0n) is 16.5. The van der Waals surface area contributed by atoms with Crippen LogP contribution >= 0.6 is 0 Å². The van der Waals surface area contributed by atoms with Crippen molar-refractivity contribution < 1.29 is 29.0 Å². The molecule has 0 aromatic carbocycles. The third-order valence-corrected chi connectivity index (χ3v) is 4.97. The van der Waals surface area contributed by atoms with Crippen molar-refractivity contribution in [2.24, 2.45) is 5.92 Å². The van der Waals surface area contributed by atoms with E-state index in [4.69, 9.17) is 9.47 Å². The molecule has 1 fully saturated rings. The lowest BCUT2D eigenvalue weighted by Crippen LogP contribution is -2.24. The Kier molecular flexibility index (Phi) is 11.5. The first kappa shape index (κ1) is 23.2. The minimum atomic E-state index is -1.03. The van der Waals surface area contributed by atoms with Crippen LogP contribution in [0.5, 0.6) is 0 Å². The molecule has 0 saturated carbocycles. The van der Waals surface area contributed by atoms with Crippen LogP contribution in [0.1, 0.15) is 84.0 Å². The molecule has 0 unspecified atom stereocenters. The van der Waals surface area contributed by atoms with E-state index in [0.29, 0.717) is 13.0 Å². The van der Waals surface area contributed by atoms with Crippen LogP contribution in [0, 0.1) is 5.92 Å². The first-order valence-electron chi connectivity index (χ1n) is 10.2. The normalized spacial score (nSPS) is 19.1. The van der Waals surface area contributed by atoms with E-state index in [0.717, 1.165) is 32.1 Å². The summed E-state index contributed by atoms with van der Waals surface area (Å²) in [6.07, 6.45) is 12.4. The van der Waals surface area contributed by atoms with Crippen molar-refractivity contribution >= 4 is 17.9 Å². The molecule has 1 saturated heterocycles. The lowest BCUT2D eigenvalue weighted by molar-refractivity contribution is -0.145. The van der Waals surface area contributed by atoms with E-state index in [1.54, 1.807) is 0 Å². The maximum absolute atomic E-state index is 11.5. The molecule has 0 aromatic rings. The molecule has 0 amide bonds. The highest BCUT2D eigenvalue weighted by Gasteiger charge is 2.42. The fourth-order valence-electron chi connectivity index (χ4n) is 3.42. The summed E-state index contributed by atoms with van der Waals surface area (Å²) in [5.41, 5.74) is 0.0684. The van der Waals surface area contributed by atoms with E-state index in [2.05, 4.69) is 6.58 Å². The van der Waals surface area contributed by atoms with Gasteiger partial charge in [0.05, 0.1) is 6.61 Å². The molecule has 1 heterocycles. The maximum Gasteiger partial charge on any atom is 0.334 e. The molecule has 6 heteroatoms. The second-order valence-corrected chi connectivity index (χ2v) is 7.30. The Balaban J connectivity index is 1.91. The zero-order chi connectivity index (χ0) is 20.1. The predicted octanol–water partition coefficient (Wildman–Crippen LogP) is 4.41. The Morgan fingerprint density at radius 3 is 1.93 bits per heavy atom. The number of carbonyl (C=O) groups excluding carboxylic acids is 2. The number of carboxylic acids is 1. The van der Waals surface area contributed by atoms with Gasteiger partial charge in [-0.25, -0.2) is 4.79 Å². The number of carboxylic acid groups (broad SMARTS) is 1. The second kappa shape index (κ2) is 13.3. The topological polar surface area (TPSA) is 89.9 Å². The molecule has 2 atom stereocenters. The van der Waals surface area contributed by atoms with Crippen LogP contribution in [0.3, 0.4) is 0 Å². The monoisotopic (exact) mass is 382 g/mol. The average molecular weight is 382 g/mol. The predicted molar refractivity (Wildman–Crippen MR) is 102 cm³/mol. The maximum atomic E-state index is 11.5. The summed E-state index contributed by atoms with van der Waals surface area (Å²) in [5.74, 6) is -2.68. The van der Waals surface area contributed by atoms with Crippen molar-refractivity contribution in [1.29, 1.82) is 0 Å². The quantitative estimate of drug-likeness (QED) is 0.256. The van der Waals surface area contributed by atoms with Gasteiger partial charge in [-0.15, -0.1) is 0 Å². The van der Waals surface area contributed by atoms with Gasteiger partial charge in [0.1, 0.15) is 12.0 Å². The van der Waals surface area contributed by atoms with Crippen molar-refractivity contribution in [2.75, 3.05) is 6.61 Å². The Labute approximate surface area is 162 Å². The summed E-state index contributed by atoms with van der Waals surface area (Å²) >= 11 is 0. The molecule has 1 aliphatic rings. The fourth-order valence-corrected chi connectivity index (χ4v) is 3.42. The molecule has 0 radical (unpaired) electrons. The lowest BCUT2D eigenvalue weighted by Gasteiger charge is -2.13. The van der Waals surface area contributed by atoms with E-state index >= 15 is 0 Å². The highest BCUT2D eigenvalue weighted by Crippen LogP contribution is 2.30. The van der Waals surface area contributed by atoms with Crippen LogP contribution in [0.15, 0.2) is 12.2 Å². The lowest BCUT2D eigenvalue weighted by atomic mass is 9.93. The summed E-state index contributed by atoms with van der Waals surface area (Å²) in [6.45, 7) is 5.51. The van der Waals surface area contributed by atoms with Crippen molar-refractivity contribution in [3.63, 3.8) is 0 Å². The van der Waals surface area contributed by atoms with Crippen LogP contribution < -0.4 is 0 Å². The van der Waals surface area contributed by atoms with Crippen LogP contribution in [-0.4, -0.2) is 35.7 Å². The SMILES string of the molecule is C=C1C(=O)O[C@H](CCCCCCCCCCCCCOC(C)=O)[C@H]1C(=O)O. The van der Waals surface area contributed by atoms with Crippen LogP contribution in [0.2, 0.25) is 0 Å². The number of hydrogen-bond donors (Lipinski definition) is 1. The molecular formula is C21H34O6. The summed E-state index contributed by atoms with van der Waals surface area (Å²) in [4.78, 5) is 33.3. The van der Waals surface area contributed by atoms with Gasteiger partial charge in [0.15, 0.2) is 0 Å². The van der Waals surface area contributed by atoms with Gasteiger partial charge in [0, 0.05) is 12.5 Å². The molecule has 0 aliphatic carbocycles. The van der Waals surface area contributed by atoms with Crippen molar-refractivity contribution in [2.45, 2.75) is 90.1 Å². The first-order chi connectivity index (χ1) is 12.9. The van der Waals surface area contributed by atoms with E-state index in [1.807, 2.05) is 0 Å². The van der Waals surface area contributed by atoms with Gasteiger partial charge in [0.2, 0.25) is 0 Å². The highest BCUT2D eigenvalue weighted by molar-refractivity contribution is 5.97. The van der Waals surface area contributed by atoms with Crippen molar-refractivity contribution in [3.8, 4) is 0 Å². The molecule has 154 valence electrons. The van der Waals surface area contributed by atoms with Crippen LogP contribution in [0.25, 0.3) is 0 Å². The van der Waals surface area contributed by atoms with E-state index in [1.165, 1.54) is 45.4 Å². The zero-order valence-corrected chi connectivity index (χ0v) is 16.5. The van der Waals surface area contributed by atoms with Gasteiger partial charge in [-0.3, -0.25) is 9.59 Å². The first-order valence-corrected chi connectivity index (χ1v) is 10.2. The van der Waals surface area contributed by atoms with Crippen LogP contribution in [-0.2, 0) is 23.9 Å². The number of hydrogen-bond acceptors (Lipinski definition) is 5. The van der Waals surface area contributed by atoms with Crippen molar-refractivity contribution in [1.82, 2.24) is 0 Å². The molecule has 0 bridgehead atoms. The van der Waals surface area contributed by atoms with Gasteiger partial charge in [-0.2, -0.15) is 0 Å². The third-order valence-electron chi connectivity index (χ3n) is 4.97. The highest BCUT2D eigenvalue weighted by atomic mass is 16.6. The van der Waals surface area contributed by atoms with Crippen molar-refractivity contribution in [3.05, 3.63) is 12.2 Å². The molecule has 1 aliphatic heterocycles. The summed E-state index contributed by atoms with van der Waals surface area (Å²) in [6, 6.07) is 0.